The molecule has 3 rings (SSSR count). The standard InChI is InChI=1S/C25H32N4O6/c1-14(2)22(24(31)27-11-6-7-12-27)28-15(3)19(23(26)30)21(20(16(28)4)25(32)35-5)17-9-8-10-18(13-17)29(33)34/h8-10,13-14,21-22H,6-7,11-12H2,1-5H3,(H2,26,30)/t21-,22?/m0/s1. The van der Waals surface area contributed by atoms with Gasteiger partial charge in [0.2, 0.25) is 11.8 Å². The summed E-state index contributed by atoms with van der Waals surface area (Å²) in [6, 6.07) is 5.08. The van der Waals surface area contributed by atoms with Crippen LogP contribution in [0.25, 0.3) is 0 Å². The van der Waals surface area contributed by atoms with Crippen molar-refractivity contribution in [2.75, 3.05) is 20.2 Å². The van der Waals surface area contributed by atoms with Crippen molar-refractivity contribution in [3.05, 3.63) is 62.5 Å². The Morgan fingerprint density at radius 2 is 1.71 bits per heavy atom. The summed E-state index contributed by atoms with van der Waals surface area (Å²) >= 11 is 0. The smallest absolute Gasteiger partial charge is 0.336 e. The van der Waals surface area contributed by atoms with Crippen LogP contribution in [-0.4, -0.2) is 58.7 Å². The summed E-state index contributed by atoms with van der Waals surface area (Å²) in [5, 5.41) is 11.4. The van der Waals surface area contributed by atoms with Gasteiger partial charge in [-0.1, -0.05) is 26.0 Å². The SMILES string of the molecule is COC(=O)C1=C(C)N(C(C(=O)N2CCCC2)C(C)C)C(C)=C(C(N)=O)[C@@H]1c1cccc([N+](=O)[O-])c1. The van der Waals surface area contributed by atoms with E-state index in [2.05, 4.69) is 0 Å². The summed E-state index contributed by atoms with van der Waals surface area (Å²) < 4.78 is 5.07. The van der Waals surface area contributed by atoms with Crippen molar-refractivity contribution in [3.8, 4) is 0 Å². The molecule has 10 heteroatoms. The number of nitro benzene ring substituents is 1. The van der Waals surface area contributed by atoms with Crippen LogP contribution in [-0.2, 0) is 19.1 Å². The highest BCUT2D eigenvalue weighted by Gasteiger charge is 2.44. The lowest BCUT2D eigenvalue weighted by Crippen LogP contribution is -2.51. The van der Waals surface area contributed by atoms with E-state index in [4.69, 9.17) is 10.5 Å². The Morgan fingerprint density at radius 1 is 1.11 bits per heavy atom. The normalized spacial score (nSPS) is 19.3. The largest absolute Gasteiger partial charge is 0.466 e. The van der Waals surface area contributed by atoms with Crippen molar-refractivity contribution in [3.63, 3.8) is 0 Å². The molecule has 0 bridgehead atoms. The Bertz CT molecular complexity index is 1120. The summed E-state index contributed by atoms with van der Waals surface area (Å²) in [7, 11) is 1.22. The van der Waals surface area contributed by atoms with E-state index in [1.165, 1.54) is 25.3 Å². The molecule has 1 fully saturated rings. The number of carbonyl (C=O) groups excluding carboxylic acids is 3. The maximum atomic E-state index is 13.6. The summed E-state index contributed by atoms with van der Waals surface area (Å²) in [5.41, 5.74) is 7.11. The van der Waals surface area contributed by atoms with Gasteiger partial charge in [0.25, 0.3) is 5.69 Å². The second-order valence-electron chi connectivity index (χ2n) is 9.23. The molecule has 2 heterocycles. The van der Waals surface area contributed by atoms with Crippen LogP contribution in [0.3, 0.4) is 0 Å². The summed E-state index contributed by atoms with van der Waals surface area (Å²) in [6.07, 6.45) is 1.85. The highest BCUT2D eigenvalue weighted by atomic mass is 16.6. The van der Waals surface area contributed by atoms with E-state index in [0.29, 0.717) is 30.0 Å². The number of non-ortho nitro benzene ring substituents is 1. The van der Waals surface area contributed by atoms with Gasteiger partial charge in [0.1, 0.15) is 6.04 Å². The van der Waals surface area contributed by atoms with Gasteiger partial charge < -0.3 is 20.3 Å². The van der Waals surface area contributed by atoms with Gasteiger partial charge in [-0.25, -0.2) is 4.79 Å². The molecule has 188 valence electrons. The van der Waals surface area contributed by atoms with Gasteiger partial charge in [0, 0.05) is 42.2 Å². The topological polar surface area (TPSA) is 136 Å². The van der Waals surface area contributed by atoms with Crippen molar-refractivity contribution in [1.82, 2.24) is 9.80 Å². The van der Waals surface area contributed by atoms with Gasteiger partial charge >= 0.3 is 5.97 Å². The van der Waals surface area contributed by atoms with E-state index in [1.807, 2.05) is 13.8 Å². The van der Waals surface area contributed by atoms with E-state index in [1.54, 1.807) is 29.7 Å². The van der Waals surface area contributed by atoms with Crippen LogP contribution in [0.4, 0.5) is 5.69 Å². The van der Waals surface area contributed by atoms with Crippen molar-refractivity contribution >= 4 is 23.5 Å². The first kappa shape index (κ1) is 25.9. The third-order valence-corrected chi connectivity index (χ3v) is 6.75. The van der Waals surface area contributed by atoms with Gasteiger partial charge in [-0.15, -0.1) is 0 Å². The molecule has 2 aliphatic rings. The maximum Gasteiger partial charge on any atom is 0.336 e. The molecule has 0 spiro atoms. The molecular formula is C25H32N4O6. The average Bonchev–Trinajstić information content (AvgIpc) is 3.35. The number of rotatable bonds is 7. The number of nitro groups is 1. The molecule has 1 saturated heterocycles. The predicted molar refractivity (Wildman–Crippen MR) is 129 cm³/mol. The fraction of sp³-hybridized carbons (Fsp3) is 0.480. The monoisotopic (exact) mass is 484 g/mol. The molecule has 2 amide bonds. The highest BCUT2D eigenvalue weighted by molar-refractivity contribution is 6.01. The number of primary amides is 1. The molecule has 0 aromatic heterocycles. The zero-order chi connectivity index (χ0) is 26.0. The van der Waals surface area contributed by atoms with E-state index in [0.717, 1.165) is 12.8 Å². The quantitative estimate of drug-likeness (QED) is 0.357. The Kier molecular flexibility index (Phi) is 7.62. The molecule has 0 radical (unpaired) electrons. The van der Waals surface area contributed by atoms with Crippen LogP contribution in [0.5, 0.6) is 0 Å². The third-order valence-electron chi connectivity index (χ3n) is 6.75. The Balaban J connectivity index is 2.28. The Hall–Kier alpha value is -3.69. The fourth-order valence-electron chi connectivity index (χ4n) is 5.16. The molecule has 1 aromatic rings. The number of nitrogens with two attached hydrogens (primary N) is 1. The molecule has 2 atom stereocenters. The second-order valence-corrected chi connectivity index (χ2v) is 9.23. The van der Waals surface area contributed by atoms with E-state index < -0.39 is 28.8 Å². The van der Waals surface area contributed by atoms with Crippen LogP contribution in [0.1, 0.15) is 52.0 Å². The van der Waals surface area contributed by atoms with Gasteiger partial charge in [-0.2, -0.15) is 0 Å². The van der Waals surface area contributed by atoms with Crippen LogP contribution < -0.4 is 5.73 Å². The lowest BCUT2D eigenvalue weighted by atomic mass is 9.78. The highest BCUT2D eigenvalue weighted by Crippen LogP contribution is 2.44. The number of nitrogens with zero attached hydrogens (tertiary/aromatic N) is 3. The predicted octanol–water partition coefficient (Wildman–Crippen LogP) is 2.85. The van der Waals surface area contributed by atoms with E-state index in [9.17, 15) is 24.5 Å². The first-order valence-corrected chi connectivity index (χ1v) is 11.6. The second kappa shape index (κ2) is 10.3. The first-order chi connectivity index (χ1) is 16.5. The lowest BCUT2D eigenvalue weighted by Gasteiger charge is -2.43. The number of benzene rings is 1. The summed E-state index contributed by atoms with van der Waals surface area (Å²) in [4.78, 5) is 53.9. The number of likely N-dealkylation sites (tertiary alicyclic amines) is 1. The molecular weight excluding hydrogens is 452 g/mol. The number of hydrogen-bond acceptors (Lipinski definition) is 7. The van der Waals surface area contributed by atoms with Crippen molar-refractivity contribution in [2.24, 2.45) is 11.7 Å². The van der Waals surface area contributed by atoms with Crippen LogP contribution in [0.2, 0.25) is 0 Å². The summed E-state index contributed by atoms with van der Waals surface area (Å²) in [6.45, 7) is 8.52. The van der Waals surface area contributed by atoms with Crippen molar-refractivity contribution < 1.29 is 24.0 Å². The molecule has 35 heavy (non-hydrogen) atoms. The average molecular weight is 485 g/mol. The van der Waals surface area contributed by atoms with Crippen molar-refractivity contribution in [1.29, 1.82) is 0 Å². The zero-order valence-electron chi connectivity index (χ0n) is 20.7. The Morgan fingerprint density at radius 3 is 2.23 bits per heavy atom. The number of ether oxygens (including phenoxy) is 1. The minimum atomic E-state index is -0.981. The summed E-state index contributed by atoms with van der Waals surface area (Å²) in [5.74, 6) is -2.71. The molecule has 10 nitrogen and oxygen atoms in total. The number of carbonyl (C=O) groups is 3. The first-order valence-electron chi connectivity index (χ1n) is 11.6. The van der Waals surface area contributed by atoms with Gasteiger partial charge in [-0.05, 0) is 38.2 Å². The number of allylic oxidation sites excluding steroid dienone is 2. The van der Waals surface area contributed by atoms with Crippen LogP contribution in [0, 0.1) is 16.0 Å². The number of esters is 1. The molecule has 0 saturated carbocycles. The molecule has 1 aromatic carbocycles. The molecule has 1 unspecified atom stereocenters. The zero-order valence-corrected chi connectivity index (χ0v) is 20.7. The van der Waals surface area contributed by atoms with E-state index in [-0.39, 0.29) is 28.7 Å². The van der Waals surface area contributed by atoms with Crippen molar-refractivity contribution in [2.45, 2.75) is 52.5 Å². The molecule has 0 aliphatic carbocycles. The maximum absolute atomic E-state index is 13.6. The van der Waals surface area contributed by atoms with Gasteiger partial charge in [0.15, 0.2) is 0 Å². The molecule has 2 aliphatic heterocycles. The lowest BCUT2D eigenvalue weighted by molar-refractivity contribution is -0.384. The number of amides is 2. The van der Waals surface area contributed by atoms with Crippen LogP contribution >= 0.6 is 0 Å². The van der Waals surface area contributed by atoms with Crippen LogP contribution in [0.15, 0.2) is 46.8 Å². The fourth-order valence-corrected chi connectivity index (χ4v) is 5.16. The minimum absolute atomic E-state index is 0.0852. The minimum Gasteiger partial charge on any atom is -0.466 e. The number of hydrogen-bond donors (Lipinski definition) is 1. The van der Waals surface area contributed by atoms with E-state index >= 15 is 0 Å². The Labute approximate surface area is 204 Å². The molecule has 2 N–H and O–H groups in total. The van der Waals surface area contributed by atoms with Gasteiger partial charge in [0.05, 0.1) is 23.5 Å². The number of methoxy groups -OCH3 is 1. The third kappa shape index (κ3) is 4.78. The van der Waals surface area contributed by atoms with Gasteiger partial charge in [-0.3, -0.25) is 19.7 Å².